The van der Waals surface area contributed by atoms with Gasteiger partial charge in [-0.3, -0.25) is 9.59 Å². The maximum Gasteiger partial charge on any atom is 0.267 e. The molecule has 3 aromatic rings. The third-order valence-electron chi connectivity index (χ3n) is 4.82. The average Bonchev–Trinajstić information content (AvgIpc) is 3.29. The van der Waals surface area contributed by atoms with Gasteiger partial charge in [-0.05, 0) is 39.5 Å². The van der Waals surface area contributed by atoms with Gasteiger partial charge in [-0.15, -0.1) is 0 Å². The van der Waals surface area contributed by atoms with Crippen molar-refractivity contribution in [3.63, 3.8) is 0 Å². The van der Waals surface area contributed by atoms with Crippen molar-refractivity contribution in [3.8, 4) is 0 Å². The van der Waals surface area contributed by atoms with Gasteiger partial charge in [0.1, 0.15) is 17.5 Å². The lowest BCUT2D eigenvalue weighted by atomic mass is 10.3. The molecule has 0 unspecified atom stereocenters. The first-order valence-electron chi connectivity index (χ1n) is 10.2. The van der Waals surface area contributed by atoms with Crippen LogP contribution in [-0.2, 0) is 18.4 Å². The molecule has 0 saturated carbocycles. The Bertz CT molecular complexity index is 1050. The van der Waals surface area contributed by atoms with Gasteiger partial charge in [-0.25, -0.2) is 15.0 Å². The van der Waals surface area contributed by atoms with Crippen LogP contribution in [0.15, 0.2) is 24.9 Å². The van der Waals surface area contributed by atoms with Crippen LogP contribution in [0.1, 0.15) is 29.8 Å². The minimum atomic E-state index is -0.157. The fraction of sp³-hybridized carbons (Fsp3) is 0.450. The standard InChI is InChI=1S/C20H29N9O2/c1-27(2)8-5-7-22-20(31)15-10-14(11-28(15)3)26-16(30)6-4-9-29-13-25-17-18(21)23-12-24-19(17)29/h10-13H,4-9H2,1-3H3,(H,22,31)(H,26,30)(H2,21,23,24). The molecule has 0 bridgehead atoms. The zero-order chi connectivity index (χ0) is 22.4. The summed E-state index contributed by atoms with van der Waals surface area (Å²) in [7, 11) is 5.77. The number of nitrogens with zero attached hydrogens (tertiary/aromatic N) is 6. The number of imidazole rings is 1. The molecule has 4 N–H and O–H groups in total. The van der Waals surface area contributed by atoms with Gasteiger partial charge in [0.05, 0.1) is 12.0 Å². The van der Waals surface area contributed by atoms with E-state index in [2.05, 4.69) is 30.5 Å². The summed E-state index contributed by atoms with van der Waals surface area (Å²) in [6.07, 6.45) is 6.57. The first-order chi connectivity index (χ1) is 14.8. The van der Waals surface area contributed by atoms with Crippen molar-refractivity contribution in [2.75, 3.05) is 38.2 Å². The lowest BCUT2D eigenvalue weighted by Crippen LogP contribution is -2.28. The van der Waals surface area contributed by atoms with E-state index in [9.17, 15) is 9.59 Å². The fourth-order valence-corrected chi connectivity index (χ4v) is 3.24. The summed E-state index contributed by atoms with van der Waals surface area (Å²) in [5.74, 6) is 0.0558. The van der Waals surface area contributed by atoms with Gasteiger partial charge >= 0.3 is 0 Å². The van der Waals surface area contributed by atoms with Gasteiger partial charge in [0, 0.05) is 32.8 Å². The van der Waals surface area contributed by atoms with Crippen LogP contribution in [0.5, 0.6) is 0 Å². The molecule has 31 heavy (non-hydrogen) atoms. The molecule has 0 aliphatic rings. The van der Waals surface area contributed by atoms with Crippen molar-refractivity contribution < 1.29 is 9.59 Å². The number of rotatable bonds is 10. The molecule has 0 radical (unpaired) electrons. The number of nitrogens with two attached hydrogens (primary N) is 1. The van der Waals surface area contributed by atoms with Crippen molar-refractivity contribution >= 4 is 34.5 Å². The largest absolute Gasteiger partial charge is 0.382 e. The smallest absolute Gasteiger partial charge is 0.267 e. The normalized spacial score (nSPS) is 11.2. The molecule has 0 aliphatic carbocycles. The molecule has 0 spiro atoms. The predicted octanol–water partition coefficient (Wildman–Crippen LogP) is 0.847. The number of hydrogen-bond acceptors (Lipinski definition) is 7. The lowest BCUT2D eigenvalue weighted by Gasteiger charge is -2.10. The number of aryl methyl sites for hydroxylation is 2. The molecule has 2 amide bonds. The zero-order valence-corrected chi connectivity index (χ0v) is 18.1. The van der Waals surface area contributed by atoms with Crippen LogP contribution in [0.4, 0.5) is 11.5 Å². The highest BCUT2D eigenvalue weighted by Gasteiger charge is 2.13. The van der Waals surface area contributed by atoms with E-state index in [4.69, 9.17) is 5.73 Å². The summed E-state index contributed by atoms with van der Waals surface area (Å²) >= 11 is 0. The Morgan fingerprint density at radius 2 is 2.00 bits per heavy atom. The number of nitrogen functional groups attached to an aromatic ring is 1. The second-order valence-corrected chi connectivity index (χ2v) is 7.66. The van der Waals surface area contributed by atoms with Crippen LogP contribution in [0.25, 0.3) is 11.2 Å². The number of amides is 2. The molecule has 3 aromatic heterocycles. The van der Waals surface area contributed by atoms with Crippen LogP contribution in [0, 0.1) is 0 Å². The summed E-state index contributed by atoms with van der Waals surface area (Å²) in [5, 5.41) is 5.75. The molecule has 3 rings (SSSR count). The van der Waals surface area contributed by atoms with Crippen LogP contribution in [0.3, 0.4) is 0 Å². The minimum Gasteiger partial charge on any atom is -0.382 e. The fourth-order valence-electron chi connectivity index (χ4n) is 3.24. The highest BCUT2D eigenvalue weighted by molar-refractivity contribution is 5.96. The minimum absolute atomic E-state index is 0.123. The number of hydrogen-bond donors (Lipinski definition) is 3. The maximum absolute atomic E-state index is 12.4. The van der Waals surface area contributed by atoms with Crippen LogP contribution < -0.4 is 16.4 Å². The summed E-state index contributed by atoms with van der Waals surface area (Å²) in [4.78, 5) is 39.1. The average molecular weight is 428 g/mol. The van der Waals surface area contributed by atoms with E-state index >= 15 is 0 Å². The SMILES string of the molecule is CN(C)CCCNC(=O)c1cc(NC(=O)CCCn2cnc3c(N)ncnc32)cn1C. The van der Waals surface area contributed by atoms with Gasteiger partial charge in [0.25, 0.3) is 5.91 Å². The molecule has 3 heterocycles. The van der Waals surface area contributed by atoms with E-state index in [1.165, 1.54) is 6.33 Å². The monoisotopic (exact) mass is 427 g/mol. The molecule has 0 atom stereocenters. The van der Waals surface area contributed by atoms with Gasteiger partial charge in [-0.2, -0.15) is 0 Å². The van der Waals surface area contributed by atoms with Crippen molar-refractivity contribution in [2.24, 2.45) is 7.05 Å². The van der Waals surface area contributed by atoms with E-state index in [1.54, 1.807) is 30.2 Å². The summed E-state index contributed by atoms with van der Waals surface area (Å²) in [6, 6.07) is 1.68. The number of nitrogens with one attached hydrogen (secondary N) is 2. The van der Waals surface area contributed by atoms with Crippen molar-refractivity contribution in [1.82, 2.24) is 34.3 Å². The van der Waals surface area contributed by atoms with Crippen molar-refractivity contribution in [3.05, 3.63) is 30.6 Å². The Labute approximate surface area is 180 Å². The molecule has 11 nitrogen and oxygen atoms in total. The molecule has 0 aliphatic heterocycles. The molecule has 0 saturated heterocycles. The van der Waals surface area contributed by atoms with Crippen LogP contribution in [0.2, 0.25) is 0 Å². The van der Waals surface area contributed by atoms with Gasteiger partial charge in [0.15, 0.2) is 11.5 Å². The Kier molecular flexibility index (Phi) is 7.19. The number of carbonyl (C=O) groups is 2. The van der Waals surface area contributed by atoms with Gasteiger partial charge < -0.3 is 30.4 Å². The van der Waals surface area contributed by atoms with E-state index in [1.807, 2.05) is 18.7 Å². The first kappa shape index (κ1) is 22.2. The van der Waals surface area contributed by atoms with Crippen molar-refractivity contribution in [2.45, 2.75) is 25.8 Å². The lowest BCUT2D eigenvalue weighted by molar-refractivity contribution is -0.116. The first-order valence-corrected chi connectivity index (χ1v) is 10.2. The molecule has 0 aromatic carbocycles. The third-order valence-corrected chi connectivity index (χ3v) is 4.82. The second kappa shape index (κ2) is 10.0. The number of carbonyl (C=O) groups excluding carboxylic acids is 2. The Morgan fingerprint density at radius 3 is 2.77 bits per heavy atom. The van der Waals surface area contributed by atoms with Gasteiger partial charge in [0.2, 0.25) is 5.91 Å². The van der Waals surface area contributed by atoms with Gasteiger partial charge in [-0.1, -0.05) is 0 Å². The number of anilines is 2. The van der Waals surface area contributed by atoms with E-state index in [0.29, 0.717) is 54.3 Å². The molecular formula is C20H29N9O2. The maximum atomic E-state index is 12.4. The zero-order valence-electron chi connectivity index (χ0n) is 18.1. The van der Waals surface area contributed by atoms with E-state index in [-0.39, 0.29) is 11.8 Å². The van der Waals surface area contributed by atoms with Crippen molar-refractivity contribution in [1.29, 1.82) is 0 Å². The summed E-state index contributed by atoms with van der Waals surface area (Å²) in [5.41, 5.74) is 8.10. The predicted molar refractivity (Wildman–Crippen MR) is 119 cm³/mol. The molecule has 0 fully saturated rings. The molecule has 11 heteroatoms. The number of fused-ring (bicyclic) bond motifs is 1. The highest BCUT2D eigenvalue weighted by atomic mass is 16.2. The van der Waals surface area contributed by atoms with E-state index < -0.39 is 0 Å². The molecule has 166 valence electrons. The topological polar surface area (TPSA) is 136 Å². The Morgan fingerprint density at radius 1 is 1.19 bits per heavy atom. The van der Waals surface area contributed by atoms with Crippen LogP contribution in [-0.4, -0.2) is 68.0 Å². The molecular weight excluding hydrogens is 398 g/mol. The third kappa shape index (κ3) is 5.79. The van der Waals surface area contributed by atoms with Crippen LogP contribution >= 0.6 is 0 Å². The quantitative estimate of drug-likeness (QED) is 0.408. The Balaban J connectivity index is 1.47. The second-order valence-electron chi connectivity index (χ2n) is 7.66. The highest BCUT2D eigenvalue weighted by Crippen LogP contribution is 2.16. The number of aromatic nitrogens is 5. The Hall–Kier alpha value is -3.47. The van der Waals surface area contributed by atoms with E-state index in [0.717, 1.165) is 13.0 Å². The summed E-state index contributed by atoms with van der Waals surface area (Å²) < 4.78 is 3.56. The summed E-state index contributed by atoms with van der Waals surface area (Å²) in [6.45, 7) is 2.09.